The normalized spacial score (nSPS) is 10.5. The molecule has 0 fully saturated rings. The average molecular weight is 314 g/mol. The summed E-state index contributed by atoms with van der Waals surface area (Å²) >= 11 is 4.79. The van der Waals surface area contributed by atoms with E-state index in [1.807, 2.05) is 6.92 Å². The summed E-state index contributed by atoms with van der Waals surface area (Å²) in [6, 6.07) is 5.61. The maximum absolute atomic E-state index is 13.2. The Morgan fingerprint density at radius 3 is 2.59 bits per heavy atom. The SMILES string of the molecule is Cc1sc(Br)cc1C(=O)c1cc(N)cc(F)c1. The van der Waals surface area contributed by atoms with Gasteiger partial charge in [0.15, 0.2) is 5.78 Å². The number of rotatable bonds is 2. The standard InChI is InChI=1S/C12H9BrFNOS/c1-6-10(5-11(13)17-6)12(16)7-2-8(14)4-9(15)3-7/h2-5H,15H2,1H3. The lowest BCUT2D eigenvalue weighted by Gasteiger charge is -2.02. The second-order valence-corrected chi connectivity index (χ2v) is 6.26. The molecule has 1 heterocycles. The minimum atomic E-state index is -0.500. The molecule has 0 atom stereocenters. The Kier molecular flexibility index (Phi) is 3.31. The van der Waals surface area contributed by atoms with Gasteiger partial charge in [-0.15, -0.1) is 11.3 Å². The second kappa shape index (κ2) is 4.58. The number of ketones is 1. The number of hydrogen-bond donors (Lipinski definition) is 1. The molecule has 0 bridgehead atoms. The average Bonchev–Trinajstić information content (AvgIpc) is 2.55. The van der Waals surface area contributed by atoms with Crippen LogP contribution in [0.3, 0.4) is 0 Å². The first-order valence-electron chi connectivity index (χ1n) is 4.84. The smallest absolute Gasteiger partial charge is 0.194 e. The molecular weight excluding hydrogens is 305 g/mol. The van der Waals surface area contributed by atoms with Crippen LogP contribution < -0.4 is 5.73 Å². The predicted octanol–water partition coefficient (Wildman–Crippen LogP) is 3.77. The lowest BCUT2D eigenvalue weighted by molar-refractivity contribution is 0.103. The van der Waals surface area contributed by atoms with Gasteiger partial charge in [-0.2, -0.15) is 0 Å². The van der Waals surface area contributed by atoms with E-state index in [2.05, 4.69) is 15.9 Å². The van der Waals surface area contributed by atoms with Gasteiger partial charge in [0.25, 0.3) is 0 Å². The largest absolute Gasteiger partial charge is 0.399 e. The minimum absolute atomic E-state index is 0.212. The number of benzene rings is 1. The van der Waals surface area contributed by atoms with Crippen molar-refractivity contribution in [2.75, 3.05) is 5.73 Å². The van der Waals surface area contributed by atoms with Crippen LogP contribution in [0.25, 0.3) is 0 Å². The monoisotopic (exact) mass is 313 g/mol. The zero-order valence-corrected chi connectivity index (χ0v) is 11.4. The Morgan fingerprint density at radius 2 is 2.06 bits per heavy atom. The summed E-state index contributed by atoms with van der Waals surface area (Å²) in [6.07, 6.45) is 0. The molecule has 5 heteroatoms. The van der Waals surface area contributed by atoms with Gasteiger partial charge < -0.3 is 5.73 Å². The number of carbonyl (C=O) groups is 1. The molecule has 0 saturated carbocycles. The number of hydrogen-bond acceptors (Lipinski definition) is 3. The van der Waals surface area contributed by atoms with Gasteiger partial charge in [-0.25, -0.2) is 4.39 Å². The van der Waals surface area contributed by atoms with Crippen molar-refractivity contribution >= 4 is 38.7 Å². The molecule has 88 valence electrons. The van der Waals surface area contributed by atoms with Gasteiger partial charge in [0.05, 0.1) is 3.79 Å². The molecule has 17 heavy (non-hydrogen) atoms. The molecule has 2 nitrogen and oxygen atoms in total. The van der Waals surface area contributed by atoms with Crippen molar-refractivity contribution < 1.29 is 9.18 Å². The Bertz CT molecular complexity index is 574. The van der Waals surface area contributed by atoms with E-state index in [0.717, 1.165) is 8.66 Å². The van der Waals surface area contributed by atoms with Crippen LogP contribution in [0.5, 0.6) is 0 Å². The Morgan fingerprint density at radius 1 is 1.35 bits per heavy atom. The lowest BCUT2D eigenvalue weighted by atomic mass is 10.0. The molecule has 0 saturated heterocycles. The van der Waals surface area contributed by atoms with Gasteiger partial charge in [-0.05, 0) is 47.1 Å². The van der Waals surface area contributed by atoms with Crippen molar-refractivity contribution in [1.29, 1.82) is 0 Å². The maximum Gasteiger partial charge on any atom is 0.194 e. The third-order valence-corrected chi connectivity index (χ3v) is 3.87. The third-order valence-electron chi connectivity index (χ3n) is 2.31. The molecule has 2 aromatic rings. The van der Waals surface area contributed by atoms with Crippen LogP contribution in [0.15, 0.2) is 28.1 Å². The number of nitrogen functional groups attached to an aromatic ring is 1. The van der Waals surface area contributed by atoms with Crippen molar-refractivity contribution in [2.24, 2.45) is 0 Å². The molecule has 0 aliphatic carbocycles. The van der Waals surface area contributed by atoms with Gasteiger partial charge in [-0.1, -0.05) is 0 Å². The fourth-order valence-electron chi connectivity index (χ4n) is 1.57. The van der Waals surface area contributed by atoms with Crippen molar-refractivity contribution in [1.82, 2.24) is 0 Å². The number of halogens is 2. The molecule has 0 spiro atoms. The third kappa shape index (κ3) is 2.56. The zero-order valence-electron chi connectivity index (χ0n) is 8.96. The van der Waals surface area contributed by atoms with E-state index >= 15 is 0 Å². The first kappa shape index (κ1) is 12.3. The summed E-state index contributed by atoms with van der Waals surface area (Å²) in [5.74, 6) is -0.712. The van der Waals surface area contributed by atoms with Crippen LogP contribution in [0, 0.1) is 12.7 Å². The van der Waals surface area contributed by atoms with Gasteiger partial charge in [0.1, 0.15) is 5.82 Å². The highest BCUT2D eigenvalue weighted by molar-refractivity contribution is 9.11. The summed E-state index contributed by atoms with van der Waals surface area (Å²) in [5.41, 5.74) is 6.62. The second-order valence-electron chi connectivity index (χ2n) is 3.62. The predicted molar refractivity (Wildman–Crippen MR) is 71.0 cm³/mol. The van der Waals surface area contributed by atoms with Crippen LogP contribution in [0.2, 0.25) is 0 Å². The van der Waals surface area contributed by atoms with Crippen LogP contribution in [0.4, 0.5) is 10.1 Å². The van der Waals surface area contributed by atoms with E-state index in [1.165, 1.54) is 29.5 Å². The summed E-state index contributed by atoms with van der Waals surface area (Å²) < 4.78 is 14.0. The van der Waals surface area contributed by atoms with Crippen LogP contribution in [-0.4, -0.2) is 5.78 Å². The molecule has 1 aromatic carbocycles. The first-order chi connectivity index (χ1) is 7.97. The molecule has 0 unspecified atom stereocenters. The van der Waals surface area contributed by atoms with Gasteiger partial charge >= 0.3 is 0 Å². The molecular formula is C12H9BrFNOS. The summed E-state index contributed by atoms with van der Waals surface area (Å²) in [6.45, 7) is 1.85. The fraction of sp³-hybridized carbons (Fsp3) is 0.0833. The van der Waals surface area contributed by atoms with Crippen LogP contribution in [0.1, 0.15) is 20.8 Å². The lowest BCUT2D eigenvalue weighted by Crippen LogP contribution is -2.03. The van der Waals surface area contributed by atoms with E-state index < -0.39 is 5.82 Å². The highest BCUT2D eigenvalue weighted by Gasteiger charge is 2.15. The van der Waals surface area contributed by atoms with E-state index in [9.17, 15) is 9.18 Å². The number of nitrogens with two attached hydrogens (primary N) is 1. The first-order valence-corrected chi connectivity index (χ1v) is 6.45. The fourth-order valence-corrected chi connectivity index (χ4v) is 3.26. The summed E-state index contributed by atoms with van der Waals surface area (Å²) in [4.78, 5) is 13.0. The van der Waals surface area contributed by atoms with Gasteiger partial charge in [0.2, 0.25) is 0 Å². The van der Waals surface area contributed by atoms with Gasteiger partial charge in [-0.3, -0.25) is 4.79 Å². The van der Waals surface area contributed by atoms with Crippen molar-refractivity contribution in [2.45, 2.75) is 6.92 Å². The van der Waals surface area contributed by atoms with E-state index in [4.69, 9.17) is 5.73 Å². The number of aryl methyl sites for hydroxylation is 1. The number of anilines is 1. The number of thiophene rings is 1. The van der Waals surface area contributed by atoms with Crippen molar-refractivity contribution in [3.8, 4) is 0 Å². The Hall–Kier alpha value is -1.20. The topological polar surface area (TPSA) is 43.1 Å². The zero-order chi connectivity index (χ0) is 12.6. The van der Waals surface area contributed by atoms with Crippen molar-refractivity contribution in [3.05, 3.63) is 49.9 Å². The van der Waals surface area contributed by atoms with Crippen LogP contribution in [-0.2, 0) is 0 Å². The minimum Gasteiger partial charge on any atom is -0.399 e. The molecule has 0 amide bonds. The Labute approximate surface area is 110 Å². The molecule has 1 aromatic heterocycles. The van der Waals surface area contributed by atoms with E-state index in [0.29, 0.717) is 5.56 Å². The number of carbonyl (C=O) groups excluding carboxylic acids is 1. The quantitative estimate of drug-likeness (QED) is 0.677. The molecule has 0 radical (unpaired) electrons. The van der Waals surface area contributed by atoms with Crippen molar-refractivity contribution in [3.63, 3.8) is 0 Å². The van der Waals surface area contributed by atoms with E-state index in [-0.39, 0.29) is 17.0 Å². The highest BCUT2D eigenvalue weighted by Crippen LogP contribution is 2.28. The van der Waals surface area contributed by atoms with Gasteiger partial charge in [0, 0.05) is 21.7 Å². The molecule has 0 aliphatic rings. The maximum atomic E-state index is 13.2. The molecule has 0 aliphatic heterocycles. The molecule has 2 N–H and O–H groups in total. The Balaban J connectivity index is 2.47. The van der Waals surface area contributed by atoms with E-state index in [1.54, 1.807) is 6.07 Å². The summed E-state index contributed by atoms with van der Waals surface area (Å²) in [5, 5.41) is 0. The van der Waals surface area contributed by atoms with Crippen LogP contribution >= 0.6 is 27.3 Å². The molecule has 2 rings (SSSR count). The summed E-state index contributed by atoms with van der Waals surface area (Å²) in [7, 11) is 0. The highest BCUT2D eigenvalue weighted by atomic mass is 79.9.